The van der Waals surface area contributed by atoms with Crippen LogP contribution in [0, 0.1) is 17.0 Å². The SMILES string of the molecule is CC.CC.CC.CCC(CC)n1ncn(-c2ccc(N3CCN(c4ccc(OC[C@H]5OCC(Cc6ccc(F)cc6F)(CN([NH-])C=N)O5)cc4)CC3)cc2)c1=O.[K+]. The van der Waals surface area contributed by atoms with Crippen LogP contribution in [0.15, 0.2) is 77.9 Å². The fourth-order valence-corrected chi connectivity index (χ4v) is 6.62. The summed E-state index contributed by atoms with van der Waals surface area (Å²) in [6.07, 6.45) is 3.42. The molecule has 6 rings (SSSR count). The maximum Gasteiger partial charge on any atom is 1.00 e. The summed E-state index contributed by atoms with van der Waals surface area (Å²) in [5.41, 5.74) is 1.98. The first-order chi connectivity index (χ1) is 27.2. The summed E-state index contributed by atoms with van der Waals surface area (Å²) in [7, 11) is 0. The molecule has 1 aromatic heterocycles. The van der Waals surface area contributed by atoms with E-state index in [-0.39, 0.29) is 94.9 Å². The first-order valence-electron chi connectivity index (χ1n) is 19.9. The molecule has 308 valence electrons. The summed E-state index contributed by atoms with van der Waals surface area (Å²) in [4.78, 5) is 17.6. The van der Waals surface area contributed by atoms with Gasteiger partial charge in [0.15, 0.2) is 6.29 Å². The molecule has 15 heteroatoms. The van der Waals surface area contributed by atoms with Gasteiger partial charge in [0.2, 0.25) is 0 Å². The van der Waals surface area contributed by atoms with Crippen molar-refractivity contribution < 1.29 is 74.4 Å². The number of aromatic nitrogens is 3. The van der Waals surface area contributed by atoms with Gasteiger partial charge in [-0.3, -0.25) is 5.41 Å². The predicted molar refractivity (Wildman–Crippen MR) is 221 cm³/mol. The van der Waals surface area contributed by atoms with Crippen molar-refractivity contribution in [3.63, 3.8) is 0 Å². The maximum atomic E-state index is 14.5. The minimum atomic E-state index is -1.11. The molecule has 12 nitrogen and oxygen atoms in total. The van der Waals surface area contributed by atoms with Gasteiger partial charge < -0.3 is 34.9 Å². The summed E-state index contributed by atoms with van der Waals surface area (Å²) in [6, 6.07) is 19.3. The quantitative estimate of drug-likeness (QED) is 0.0746. The number of hydrogen-bond donors (Lipinski definition) is 1. The van der Waals surface area contributed by atoms with E-state index in [0.29, 0.717) is 5.75 Å². The molecule has 2 fully saturated rings. The first-order valence-corrected chi connectivity index (χ1v) is 19.9. The number of nitrogens with one attached hydrogen (secondary N) is 2. The number of benzene rings is 3. The minimum Gasteiger partial charge on any atom is -0.583 e. The number of ether oxygens (including phenoxy) is 3. The van der Waals surface area contributed by atoms with E-state index in [1.807, 2.05) is 77.9 Å². The molecule has 1 unspecified atom stereocenters. The van der Waals surface area contributed by atoms with E-state index in [9.17, 15) is 13.6 Å². The molecule has 3 heterocycles. The summed E-state index contributed by atoms with van der Waals surface area (Å²) in [6.45, 7) is 19.6. The van der Waals surface area contributed by atoms with Crippen molar-refractivity contribution >= 4 is 17.7 Å². The summed E-state index contributed by atoms with van der Waals surface area (Å²) in [5, 5.41) is 12.6. The Balaban J connectivity index is 0.00000153. The van der Waals surface area contributed by atoms with Crippen molar-refractivity contribution in [2.24, 2.45) is 0 Å². The minimum absolute atomic E-state index is 0. The number of anilines is 2. The van der Waals surface area contributed by atoms with Crippen LogP contribution in [0.5, 0.6) is 5.75 Å². The molecule has 0 amide bonds. The van der Waals surface area contributed by atoms with E-state index in [1.54, 1.807) is 15.6 Å². The van der Waals surface area contributed by atoms with Gasteiger partial charge in [-0.05, 0) is 73.0 Å². The predicted octanol–water partition coefficient (Wildman–Crippen LogP) is 5.69. The number of nitrogens with zero attached hydrogens (tertiary/aromatic N) is 6. The Morgan fingerprint density at radius 1 is 0.912 bits per heavy atom. The van der Waals surface area contributed by atoms with Gasteiger partial charge in [-0.15, -0.1) is 0 Å². The topological polar surface area (TPSA) is 125 Å². The third-order valence-electron chi connectivity index (χ3n) is 9.40. The van der Waals surface area contributed by atoms with Crippen molar-refractivity contribution in [3.05, 3.63) is 107 Å². The van der Waals surface area contributed by atoms with Crippen LogP contribution in [0.25, 0.3) is 11.5 Å². The Kier molecular flexibility index (Phi) is 22.2. The Labute approximate surface area is 380 Å². The van der Waals surface area contributed by atoms with Crippen LogP contribution in [0.3, 0.4) is 0 Å². The molecule has 2 aliphatic rings. The van der Waals surface area contributed by atoms with E-state index in [0.717, 1.165) is 73.5 Å². The van der Waals surface area contributed by atoms with Crippen molar-refractivity contribution in [1.82, 2.24) is 19.4 Å². The average molecular weight is 819 g/mol. The van der Waals surface area contributed by atoms with Crippen LogP contribution >= 0.6 is 0 Å². The van der Waals surface area contributed by atoms with Crippen LogP contribution in [0.2, 0.25) is 0 Å². The van der Waals surface area contributed by atoms with Gasteiger partial charge in [-0.2, -0.15) is 5.10 Å². The number of rotatable bonds is 14. The van der Waals surface area contributed by atoms with Crippen LogP contribution < -0.4 is 71.6 Å². The fraction of sp³-hybridized carbons (Fsp3) is 0.500. The van der Waals surface area contributed by atoms with Crippen molar-refractivity contribution in [2.45, 2.75) is 92.6 Å². The second-order valence-electron chi connectivity index (χ2n) is 12.7. The molecule has 57 heavy (non-hydrogen) atoms. The molecular formula is C42H61F2KN8O4. The van der Waals surface area contributed by atoms with Gasteiger partial charge in [0.25, 0.3) is 0 Å². The second-order valence-corrected chi connectivity index (χ2v) is 12.7. The summed E-state index contributed by atoms with van der Waals surface area (Å²) < 4.78 is 49.0. The molecule has 3 aromatic carbocycles. The summed E-state index contributed by atoms with van der Waals surface area (Å²) >= 11 is 0. The molecule has 0 aliphatic carbocycles. The first kappa shape index (κ1) is 50.0. The number of hydrogen-bond acceptors (Lipinski definition) is 8. The Hall–Kier alpha value is -3.15. The normalized spacial score (nSPS) is 17.2. The monoisotopic (exact) mass is 818 g/mol. The molecule has 2 N–H and O–H groups in total. The third kappa shape index (κ3) is 13.4. The second kappa shape index (κ2) is 25.4. The van der Waals surface area contributed by atoms with Gasteiger partial charge in [-0.1, -0.05) is 61.5 Å². The Morgan fingerprint density at radius 2 is 1.46 bits per heavy atom. The fourth-order valence-electron chi connectivity index (χ4n) is 6.62. The molecule has 4 aromatic rings. The zero-order chi connectivity index (χ0) is 41.3. The van der Waals surface area contributed by atoms with E-state index >= 15 is 0 Å². The molecule has 0 radical (unpaired) electrons. The third-order valence-corrected chi connectivity index (χ3v) is 9.40. The summed E-state index contributed by atoms with van der Waals surface area (Å²) in [5.74, 6) is 7.20. The zero-order valence-electron chi connectivity index (χ0n) is 35.3. The van der Waals surface area contributed by atoms with Crippen LogP contribution in [0.4, 0.5) is 20.2 Å². The van der Waals surface area contributed by atoms with Gasteiger partial charge in [0, 0.05) is 56.6 Å². The average Bonchev–Trinajstić information content (AvgIpc) is 3.83. The van der Waals surface area contributed by atoms with E-state index < -0.39 is 23.5 Å². The molecule has 0 saturated carbocycles. The zero-order valence-corrected chi connectivity index (χ0v) is 38.4. The van der Waals surface area contributed by atoms with Gasteiger partial charge in [0.05, 0.1) is 24.7 Å². The van der Waals surface area contributed by atoms with Crippen LogP contribution in [-0.4, -0.2) is 83.5 Å². The molecule has 0 bridgehead atoms. The molecule has 2 aliphatic heterocycles. The standard InChI is InChI=1S/C36H43F2N8O4.3C2H6.K/c1-3-28(4-2)46-35(47)45(25-41-46)31-9-7-29(8-10-31)42-15-17-43(18-16-42)30-11-13-32(14-12-30)48-21-34-49-23-36(50-34,22-44(40)24-39)20-26-5-6-27(37)19-33(26)38;3*1-2;/h5-14,19,24-25,28,34,39-40H,3-4,15-18,20-23H2,1-2H3;3*1-2H3;/q-1;;;;+1/t34-,36?;;;;/m0..../s1. The van der Waals surface area contributed by atoms with Gasteiger partial charge >= 0.3 is 57.1 Å². The van der Waals surface area contributed by atoms with Crippen molar-refractivity contribution in [1.29, 1.82) is 5.41 Å². The van der Waals surface area contributed by atoms with Crippen molar-refractivity contribution in [3.8, 4) is 11.4 Å². The van der Waals surface area contributed by atoms with Crippen LogP contribution in [0.1, 0.15) is 79.8 Å². The van der Waals surface area contributed by atoms with E-state index in [4.69, 9.17) is 25.5 Å². The number of piperazine rings is 1. The molecule has 2 saturated heterocycles. The largest absolute Gasteiger partial charge is 1.00 e. The van der Waals surface area contributed by atoms with E-state index in [1.165, 1.54) is 12.1 Å². The van der Waals surface area contributed by atoms with Crippen molar-refractivity contribution in [2.75, 3.05) is 55.7 Å². The van der Waals surface area contributed by atoms with Crippen LogP contribution in [-0.2, 0) is 15.9 Å². The van der Waals surface area contributed by atoms with Gasteiger partial charge in [-0.25, -0.2) is 22.8 Å². The number of halogens is 2. The molecule has 0 spiro atoms. The Morgan fingerprint density at radius 3 is 1.98 bits per heavy atom. The Bertz CT molecular complexity index is 1800. The molecule has 2 atom stereocenters. The molecular weight excluding hydrogens is 758 g/mol. The smallest absolute Gasteiger partial charge is 0.583 e. The van der Waals surface area contributed by atoms with E-state index in [2.05, 4.69) is 40.9 Å². The maximum absolute atomic E-state index is 14.5. The van der Waals surface area contributed by atoms with Gasteiger partial charge in [0.1, 0.15) is 35.9 Å².